The second-order valence-electron chi connectivity index (χ2n) is 6.32. The van der Waals surface area contributed by atoms with Gasteiger partial charge in [0.25, 0.3) is 5.78 Å². The third-order valence-corrected chi connectivity index (χ3v) is 4.44. The van der Waals surface area contributed by atoms with Crippen LogP contribution in [-0.2, 0) is 4.79 Å². The minimum absolute atomic E-state index is 0.153. The lowest BCUT2D eigenvalue weighted by Gasteiger charge is -2.09. The van der Waals surface area contributed by atoms with E-state index in [-0.39, 0.29) is 5.56 Å². The Bertz CT molecular complexity index is 1000. The first-order valence-corrected chi connectivity index (χ1v) is 8.55. The van der Waals surface area contributed by atoms with Gasteiger partial charge in [0.15, 0.2) is 0 Å². The Morgan fingerprint density at radius 3 is 1.54 bits per heavy atom. The fourth-order valence-corrected chi connectivity index (χ4v) is 2.84. The molecule has 28 heavy (non-hydrogen) atoms. The number of halogens is 3. The van der Waals surface area contributed by atoms with Gasteiger partial charge in [-0.15, -0.1) is 0 Å². The first kappa shape index (κ1) is 19.4. The molecule has 0 aliphatic heterocycles. The van der Waals surface area contributed by atoms with Crippen LogP contribution < -0.4 is 0 Å². The van der Waals surface area contributed by atoms with E-state index in [1.807, 2.05) is 54.6 Å². The molecule has 5 heteroatoms. The summed E-state index contributed by atoms with van der Waals surface area (Å²) in [6.45, 7) is 0.960. The summed E-state index contributed by atoms with van der Waals surface area (Å²) in [7, 11) is 0. The standard InChI is InChI=1S/C23H17F3O2/c1-15(22(28)23(24,25)26)21(27)20-13-11-19(12-14-20)18-9-7-17(8-10-18)16-5-3-2-4-6-16/h2-14,27H,1H3. The molecule has 2 nitrogen and oxygen atoms in total. The fourth-order valence-electron chi connectivity index (χ4n) is 2.84. The smallest absolute Gasteiger partial charge is 0.454 e. The van der Waals surface area contributed by atoms with E-state index in [9.17, 15) is 23.1 Å². The van der Waals surface area contributed by atoms with E-state index in [1.165, 1.54) is 12.1 Å². The molecule has 0 aliphatic carbocycles. The zero-order valence-electron chi connectivity index (χ0n) is 15.0. The van der Waals surface area contributed by atoms with Crippen molar-refractivity contribution in [3.05, 3.63) is 90.0 Å². The summed E-state index contributed by atoms with van der Waals surface area (Å²) in [6, 6.07) is 24.1. The zero-order valence-corrected chi connectivity index (χ0v) is 15.0. The maximum Gasteiger partial charge on any atom is 0.454 e. The van der Waals surface area contributed by atoms with Crippen molar-refractivity contribution in [2.24, 2.45) is 0 Å². The first-order valence-electron chi connectivity index (χ1n) is 8.55. The Balaban J connectivity index is 1.84. The van der Waals surface area contributed by atoms with Crippen molar-refractivity contribution >= 4 is 11.5 Å². The van der Waals surface area contributed by atoms with Gasteiger partial charge < -0.3 is 5.11 Å². The first-order chi connectivity index (χ1) is 13.3. The predicted molar refractivity (Wildman–Crippen MR) is 104 cm³/mol. The maximum atomic E-state index is 12.5. The van der Waals surface area contributed by atoms with Gasteiger partial charge in [0, 0.05) is 11.1 Å². The summed E-state index contributed by atoms with van der Waals surface area (Å²) < 4.78 is 37.6. The second kappa shape index (κ2) is 7.72. The monoisotopic (exact) mass is 382 g/mol. The largest absolute Gasteiger partial charge is 0.507 e. The SMILES string of the molecule is CC(C(=O)C(F)(F)F)=C(O)c1ccc(-c2ccc(-c3ccccc3)cc2)cc1. The van der Waals surface area contributed by atoms with Gasteiger partial charge in [-0.1, -0.05) is 78.9 Å². The summed E-state index contributed by atoms with van der Waals surface area (Å²) in [5, 5.41) is 10.0. The molecular formula is C23H17F3O2. The number of benzene rings is 3. The highest BCUT2D eigenvalue weighted by molar-refractivity contribution is 6.04. The highest BCUT2D eigenvalue weighted by Crippen LogP contribution is 2.28. The van der Waals surface area contributed by atoms with Crippen molar-refractivity contribution in [2.45, 2.75) is 13.1 Å². The highest BCUT2D eigenvalue weighted by atomic mass is 19.4. The van der Waals surface area contributed by atoms with E-state index in [4.69, 9.17) is 0 Å². The minimum atomic E-state index is -5.02. The number of aliphatic hydroxyl groups excluding tert-OH is 1. The number of carbonyl (C=O) groups is 1. The lowest BCUT2D eigenvalue weighted by molar-refractivity contribution is -0.166. The quantitative estimate of drug-likeness (QED) is 0.416. The Morgan fingerprint density at radius 2 is 1.11 bits per heavy atom. The molecule has 142 valence electrons. The van der Waals surface area contributed by atoms with Crippen LogP contribution in [0.5, 0.6) is 0 Å². The molecule has 0 fully saturated rings. The molecule has 3 aromatic rings. The molecule has 0 spiro atoms. The van der Waals surface area contributed by atoms with E-state index >= 15 is 0 Å². The van der Waals surface area contributed by atoms with Gasteiger partial charge in [0.2, 0.25) is 0 Å². The Hall–Kier alpha value is -3.34. The predicted octanol–water partition coefficient (Wildman–Crippen LogP) is 6.44. The molecule has 3 rings (SSSR count). The molecule has 0 amide bonds. The Kier molecular flexibility index (Phi) is 5.36. The van der Waals surface area contributed by atoms with E-state index in [0.717, 1.165) is 29.2 Å². The maximum absolute atomic E-state index is 12.5. The molecular weight excluding hydrogens is 365 g/mol. The molecule has 0 bridgehead atoms. The number of alkyl halides is 3. The molecule has 0 aromatic heterocycles. The summed E-state index contributed by atoms with van der Waals surface area (Å²) in [5.74, 6) is -2.72. The van der Waals surface area contributed by atoms with Crippen LogP contribution in [0.3, 0.4) is 0 Å². The van der Waals surface area contributed by atoms with E-state index < -0.39 is 23.3 Å². The van der Waals surface area contributed by atoms with Crippen LogP contribution in [0.1, 0.15) is 12.5 Å². The molecule has 0 aliphatic rings. The minimum Gasteiger partial charge on any atom is -0.507 e. The molecule has 0 atom stereocenters. The molecule has 0 saturated carbocycles. The number of rotatable bonds is 4. The number of hydrogen-bond donors (Lipinski definition) is 1. The second-order valence-corrected chi connectivity index (χ2v) is 6.32. The molecule has 0 saturated heterocycles. The zero-order chi connectivity index (χ0) is 20.3. The van der Waals surface area contributed by atoms with Crippen LogP contribution in [0.4, 0.5) is 13.2 Å². The van der Waals surface area contributed by atoms with Crippen LogP contribution in [0, 0.1) is 0 Å². The molecule has 3 aromatic carbocycles. The van der Waals surface area contributed by atoms with Crippen molar-refractivity contribution in [1.82, 2.24) is 0 Å². The lowest BCUT2D eigenvalue weighted by atomic mass is 9.98. The summed E-state index contributed by atoms with van der Waals surface area (Å²) >= 11 is 0. The van der Waals surface area contributed by atoms with Crippen LogP contribution in [0.25, 0.3) is 28.0 Å². The lowest BCUT2D eigenvalue weighted by Crippen LogP contribution is -2.24. The number of aliphatic hydroxyl groups is 1. The average molecular weight is 382 g/mol. The van der Waals surface area contributed by atoms with Crippen molar-refractivity contribution < 1.29 is 23.1 Å². The number of ketones is 1. The van der Waals surface area contributed by atoms with Gasteiger partial charge in [-0.25, -0.2) is 0 Å². The van der Waals surface area contributed by atoms with Gasteiger partial charge >= 0.3 is 6.18 Å². The molecule has 0 unspecified atom stereocenters. The van der Waals surface area contributed by atoms with Gasteiger partial charge in [-0.3, -0.25) is 4.79 Å². The Morgan fingerprint density at radius 1 is 0.714 bits per heavy atom. The Labute approximate surface area is 160 Å². The molecule has 1 N–H and O–H groups in total. The topological polar surface area (TPSA) is 37.3 Å². The summed E-state index contributed by atoms with van der Waals surface area (Å²) in [4.78, 5) is 11.3. The van der Waals surface area contributed by atoms with Crippen molar-refractivity contribution in [3.63, 3.8) is 0 Å². The van der Waals surface area contributed by atoms with Crippen molar-refractivity contribution in [2.75, 3.05) is 0 Å². The number of hydrogen-bond acceptors (Lipinski definition) is 2. The van der Waals surface area contributed by atoms with Crippen molar-refractivity contribution in [3.8, 4) is 22.3 Å². The normalized spacial score (nSPS) is 12.4. The summed E-state index contributed by atoms with van der Waals surface area (Å²) in [6.07, 6.45) is -5.02. The fraction of sp³-hybridized carbons (Fsp3) is 0.0870. The van der Waals surface area contributed by atoms with Crippen molar-refractivity contribution in [1.29, 1.82) is 0 Å². The van der Waals surface area contributed by atoms with Crippen LogP contribution >= 0.6 is 0 Å². The third-order valence-electron chi connectivity index (χ3n) is 4.44. The van der Waals surface area contributed by atoms with E-state index in [2.05, 4.69) is 0 Å². The van der Waals surface area contributed by atoms with Gasteiger partial charge in [-0.2, -0.15) is 13.2 Å². The van der Waals surface area contributed by atoms with E-state index in [1.54, 1.807) is 12.1 Å². The molecule has 0 radical (unpaired) electrons. The highest BCUT2D eigenvalue weighted by Gasteiger charge is 2.40. The van der Waals surface area contributed by atoms with Gasteiger partial charge in [0.1, 0.15) is 5.76 Å². The van der Waals surface area contributed by atoms with Crippen LogP contribution in [0.15, 0.2) is 84.4 Å². The van der Waals surface area contributed by atoms with Crippen LogP contribution in [0.2, 0.25) is 0 Å². The van der Waals surface area contributed by atoms with Gasteiger partial charge in [0.05, 0.1) is 0 Å². The third kappa shape index (κ3) is 4.14. The summed E-state index contributed by atoms with van der Waals surface area (Å²) in [5.41, 5.74) is 3.37. The number of allylic oxidation sites excluding steroid dienone is 1. The van der Waals surface area contributed by atoms with Crippen LogP contribution in [-0.4, -0.2) is 17.1 Å². The number of Topliss-reactive ketones (excluding diaryl/α,β-unsaturated/α-hetero) is 1. The molecule has 0 heterocycles. The average Bonchev–Trinajstić information content (AvgIpc) is 2.72. The van der Waals surface area contributed by atoms with Gasteiger partial charge in [-0.05, 0) is 29.2 Å². The van der Waals surface area contributed by atoms with E-state index in [0.29, 0.717) is 0 Å². The number of carbonyl (C=O) groups excluding carboxylic acids is 1.